The molecule has 2 nitrogen and oxygen atoms in total. The lowest BCUT2D eigenvalue weighted by molar-refractivity contribution is 0.164. The van der Waals surface area contributed by atoms with Gasteiger partial charge in [0.2, 0.25) is 0 Å². The average molecular weight is 256 g/mol. The maximum atomic E-state index is 12.7. The second-order valence-corrected chi connectivity index (χ2v) is 5.32. The molecule has 94 valence electrons. The SMILES string of the molecule is C=CS(=O)CCCCC(O)c1ccc(F)cc1. The highest BCUT2D eigenvalue weighted by Crippen LogP contribution is 2.19. The van der Waals surface area contributed by atoms with Crippen LogP contribution < -0.4 is 0 Å². The number of aliphatic hydroxyl groups is 1. The smallest absolute Gasteiger partial charge is 0.123 e. The normalized spacial score (nSPS) is 14.2. The molecular formula is C13H17FO2S. The van der Waals surface area contributed by atoms with Crippen LogP contribution in [0.2, 0.25) is 0 Å². The minimum Gasteiger partial charge on any atom is -0.388 e. The van der Waals surface area contributed by atoms with Gasteiger partial charge >= 0.3 is 0 Å². The van der Waals surface area contributed by atoms with E-state index < -0.39 is 16.9 Å². The highest BCUT2D eigenvalue weighted by molar-refractivity contribution is 7.87. The Balaban J connectivity index is 2.30. The quantitative estimate of drug-likeness (QED) is 0.762. The molecule has 0 saturated heterocycles. The molecule has 0 spiro atoms. The molecule has 1 aromatic rings. The van der Waals surface area contributed by atoms with Gasteiger partial charge in [-0.15, -0.1) is 0 Å². The molecule has 0 bridgehead atoms. The summed E-state index contributed by atoms with van der Waals surface area (Å²) in [5, 5.41) is 11.2. The van der Waals surface area contributed by atoms with Gasteiger partial charge < -0.3 is 5.11 Å². The molecule has 0 aliphatic rings. The van der Waals surface area contributed by atoms with E-state index in [1.54, 1.807) is 12.1 Å². The zero-order valence-corrected chi connectivity index (χ0v) is 10.5. The fraction of sp³-hybridized carbons (Fsp3) is 0.385. The van der Waals surface area contributed by atoms with E-state index in [1.165, 1.54) is 17.5 Å². The number of unbranched alkanes of at least 4 members (excludes halogenated alkanes) is 1. The van der Waals surface area contributed by atoms with Gasteiger partial charge in [-0.1, -0.05) is 18.7 Å². The molecule has 0 aromatic heterocycles. The summed E-state index contributed by atoms with van der Waals surface area (Å²) in [7, 11) is -0.957. The van der Waals surface area contributed by atoms with E-state index in [2.05, 4.69) is 6.58 Å². The second kappa shape index (κ2) is 7.35. The molecule has 0 aliphatic carbocycles. The fourth-order valence-corrected chi connectivity index (χ4v) is 2.17. The van der Waals surface area contributed by atoms with Gasteiger partial charge in [0.05, 0.1) is 6.10 Å². The lowest BCUT2D eigenvalue weighted by Crippen LogP contribution is -1.99. The summed E-state index contributed by atoms with van der Waals surface area (Å²) in [6.07, 6.45) is 1.60. The van der Waals surface area contributed by atoms with Crippen molar-refractivity contribution in [1.29, 1.82) is 0 Å². The third kappa shape index (κ3) is 5.24. The predicted molar refractivity (Wildman–Crippen MR) is 68.4 cm³/mol. The Morgan fingerprint density at radius 1 is 1.35 bits per heavy atom. The number of halogens is 1. The first-order valence-corrected chi connectivity index (χ1v) is 6.95. The van der Waals surface area contributed by atoms with Crippen molar-refractivity contribution in [2.24, 2.45) is 0 Å². The van der Waals surface area contributed by atoms with E-state index >= 15 is 0 Å². The van der Waals surface area contributed by atoms with Crippen molar-refractivity contribution in [3.05, 3.63) is 47.6 Å². The molecule has 0 saturated carbocycles. The van der Waals surface area contributed by atoms with Crippen molar-refractivity contribution < 1.29 is 13.7 Å². The summed E-state index contributed by atoms with van der Waals surface area (Å²) in [5.74, 6) is 0.280. The Kier molecular flexibility index (Phi) is 6.08. The van der Waals surface area contributed by atoms with Crippen molar-refractivity contribution in [2.45, 2.75) is 25.4 Å². The molecule has 0 fully saturated rings. The molecule has 2 unspecified atom stereocenters. The molecule has 2 atom stereocenters. The standard InChI is InChI=1S/C13H17FO2S/c1-2-17(16)10-4-3-5-13(15)11-6-8-12(14)9-7-11/h2,6-9,13,15H,1,3-5,10H2. The molecule has 0 aliphatic heterocycles. The van der Waals surface area contributed by atoms with Crippen LogP contribution in [-0.4, -0.2) is 15.1 Å². The van der Waals surface area contributed by atoms with Crippen LogP contribution in [0.5, 0.6) is 0 Å². The van der Waals surface area contributed by atoms with E-state index in [-0.39, 0.29) is 5.82 Å². The minimum absolute atomic E-state index is 0.303. The van der Waals surface area contributed by atoms with E-state index in [0.717, 1.165) is 18.4 Å². The Morgan fingerprint density at radius 3 is 2.59 bits per heavy atom. The number of benzene rings is 1. The number of hydrogen-bond donors (Lipinski definition) is 1. The highest BCUT2D eigenvalue weighted by atomic mass is 32.2. The number of rotatable bonds is 7. The van der Waals surface area contributed by atoms with Gasteiger partial charge in [0.25, 0.3) is 0 Å². The first-order chi connectivity index (χ1) is 8.13. The van der Waals surface area contributed by atoms with Crippen LogP contribution in [-0.2, 0) is 10.8 Å². The van der Waals surface area contributed by atoms with E-state index in [1.807, 2.05) is 0 Å². The largest absolute Gasteiger partial charge is 0.388 e. The number of aliphatic hydroxyl groups excluding tert-OH is 1. The first kappa shape index (κ1) is 14.1. The van der Waals surface area contributed by atoms with Crippen LogP contribution >= 0.6 is 0 Å². The molecule has 0 heterocycles. The predicted octanol–water partition coefficient (Wildman–Crippen LogP) is 2.92. The van der Waals surface area contributed by atoms with E-state index in [0.29, 0.717) is 12.2 Å². The highest BCUT2D eigenvalue weighted by Gasteiger charge is 2.07. The monoisotopic (exact) mass is 256 g/mol. The zero-order chi connectivity index (χ0) is 12.7. The fourth-order valence-electron chi connectivity index (χ4n) is 1.52. The lowest BCUT2D eigenvalue weighted by Gasteiger charge is -2.10. The van der Waals surface area contributed by atoms with Crippen LogP contribution in [0.1, 0.15) is 30.9 Å². The van der Waals surface area contributed by atoms with E-state index in [4.69, 9.17) is 0 Å². The molecule has 0 radical (unpaired) electrons. The molecular weight excluding hydrogens is 239 g/mol. The lowest BCUT2D eigenvalue weighted by atomic mass is 10.0. The van der Waals surface area contributed by atoms with Crippen LogP contribution in [0, 0.1) is 5.82 Å². The summed E-state index contributed by atoms with van der Waals surface area (Å²) in [6.45, 7) is 3.45. The maximum absolute atomic E-state index is 12.7. The van der Waals surface area contributed by atoms with Gasteiger partial charge in [-0.2, -0.15) is 0 Å². The third-order valence-electron chi connectivity index (χ3n) is 2.51. The van der Waals surface area contributed by atoms with Crippen LogP contribution in [0.15, 0.2) is 36.3 Å². The Morgan fingerprint density at radius 2 is 2.00 bits per heavy atom. The topological polar surface area (TPSA) is 37.3 Å². The first-order valence-electron chi connectivity index (χ1n) is 5.56. The van der Waals surface area contributed by atoms with Gasteiger partial charge in [0.1, 0.15) is 5.82 Å². The van der Waals surface area contributed by atoms with Gasteiger partial charge in [0, 0.05) is 16.6 Å². The summed E-state index contributed by atoms with van der Waals surface area (Å²) in [4.78, 5) is 0. The van der Waals surface area contributed by atoms with Crippen LogP contribution in [0.3, 0.4) is 0 Å². The molecule has 17 heavy (non-hydrogen) atoms. The van der Waals surface area contributed by atoms with Gasteiger partial charge in [-0.25, -0.2) is 4.39 Å². The van der Waals surface area contributed by atoms with Crippen LogP contribution in [0.25, 0.3) is 0 Å². The summed E-state index contributed by atoms with van der Waals surface area (Å²) < 4.78 is 23.7. The van der Waals surface area contributed by atoms with Gasteiger partial charge in [-0.05, 0) is 42.4 Å². The van der Waals surface area contributed by atoms with Crippen molar-refractivity contribution in [3.63, 3.8) is 0 Å². The molecule has 0 amide bonds. The van der Waals surface area contributed by atoms with Crippen molar-refractivity contribution in [2.75, 3.05) is 5.75 Å². The maximum Gasteiger partial charge on any atom is 0.123 e. The summed E-state index contributed by atoms with van der Waals surface area (Å²) in [5.41, 5.74) is 0.719. The van der Waals surface area contributed by atoms with Crippen molar-refractivity contribution >= 4 is 10.8 Å². The molecule has 1 aromatic carbocycles. The minimum atomic E-state index is -0.957. The Labute approximate surface area is 104 Å². The van der Waals surface area contributed by atoms with Crippen LogP contribution in [0.4, 0.5) is 4.39 Å². The van der Waals surface area contributed by atoms with Crippen molar-refractivity contribution in [3.8, 4) is 0 Å². The van der Waals surface area contributed by atoms with E-state index in [9.17, 15) is 13.7 Å². The third-order valence-corrected chi connectivity index (χ3v) is 3.58. The van der Waals surface area contributed by atoms with Gasteiger partial charge in [-0.3, -0.25) is 4.21 Å². The molecule has 4 heteroatoms. The Hall–Kier alpha value is -1.00. The zero-order valence-electron chi connectivity index (χ0n) is 9.64. The second-order valence-electron chi connectivity index (χ2n) is 3.81. The van der Waals surface area contributed by atoms with Gasteiger partial charge in [0.15, 0.2) is 0 Å². The number of hydrogen-bond acceptors (Lipinski definition) is 2. The Bertz CT molecular complexity index is 376. The average Bonchev–Trinajstić information content (AvgIpc) is 2.34. The molecule has 1 N–H and O–H groups in total. The summed E-state index contributed by atoms with van der Waals surface area (Å²) in [6, 6.07) is 5.85. The summed E-state index contributed by atoms with van der Waals surface area (Å²) >= 11 is 0. The molecule has 1 rings (SSSR count). The van der Waals surface area contributed by atoms with Crippen molar-refractivity contribution in [1.82, 2.24) is 0 Å².